The molecule has 0 amide bonds. The Morgan fingerprint density at radius 2 is 1.95 bits per heavy atom. The van der Waals surface area contributed by atoms with E-state index in [9.17, 15) is 4.79 Å². The van der Waals surface area contributed by atoms with Crippen LogP contribution < -0.4 is 5.73 Å². The Kier molecular flexibility index (Phi) is 5.88. The maximum Gasteiger partial charge on any atom is 0.306 e. The van der Waals surface area contributed by atoms with Gasteiger partial charge in [0.25, 0.3) is 0 Å². The molecule has 2 aliphatic carbocycles. The van der Waals surface area contributed by atoms with Gasteiger partial charge in [0.05, 0.1) is 6.42 Å². The molecule has 2 saturated carbocycles. The lowest BCUT2D eigenvalue weighted by molar-refractivity contribution is -0.154. The summed E-state index contributed by atoms with van der Waals surface area (Å²) in [7, 11) is 0. The van der Waals surface area contributed by atoms with E-state index in [1.54, 1.807) is 0 Å². The van der Waals surface area contributed by atoms with Crippen LogP contribution >= 0.6 is 0 Å². The van der Waals surface area contributed by atoms with Gasteiger partial charge in [-0.25, -0.2) is 0 Å². The Morgan fingerprint density at radius 1 is 1.20 bits per heavy atom. The van der Waals surface area contributed by atoms with Crippen molar-refractivity contribution in [2.24, 2.45) is 17.1 Å². The first-order valence-electron chi connectivity index (χ1n) is 8.57. The standard InChI is InChI=1S/C17H31NO2/c1-2-14-7-6-8-15(11-14)20-16(19)12-17(13-18)9-4-3-5-10-17/h14-15H,2-13,18H2,1H3. The predicted octanol–water partition coefficient (Wildman–Crippen LogP) is 3.80. The maximum absolute atomic E-state index is 12.3. The molecule has 0 radical (unpaired) electrons. The molecule has 2 N–H and O–H groups in total. The van der Waals surface area contributed by atoms with Gasteiger partial charge in [-0.2, -0.15) is 0 Å². The summed E-state index contributed by atoms with van der Waals surface area (Å²) in [6.07, 6.45) is 12.5. The summed E-state index contributed by atoms with van der Waals surface area (Å²) in [4.78, 5) is 12.3. The summed E-state index contributed by atoms with van der Waals surface area (Å²) >= 11 is 0. The molecule has 0 aromatic carbocycles. The molecule has 3 nitrogen and oxygen atoms in total. The third kappa shape index (κ3) is 4.21. The van der Waals surface area contributed by atoms with Crippen molar-refractivity contribution in [1.82, 2.24) is 0 Å². The van der Waals surface area contributed by atoms with Gasteiger partial charge in [0, 0.05) is 0 Å². The average molecular weight is 281 g/mol. The fraction of sp³-hybridized carbons (Fsp3) is 0.941. The van der Waals surface area contributed by atoms with Crippen molar-refractivity contribution in [3.05, 3.63) is 0 Å². The SMILES string of the molecule is CCC1CCCC(OC(=O)CC2(CN)CCCCC2)C1. The van der Waals surface area contributed by atoms with Gasteiger partial charge in [0.15, 0.2) is 0 Å². The van der Waals surface area contributed by atoms with E-state index in [1.165, 1.54) is 38.5 Å². The molecule has 0 saturated heterocycles. The van der Waals surface area contributed by atoms with E-state index in [1.807, 2.05) is 0 Å². The minimum absolute atomic E-state index is 0.000830. The van der Waals surface area contributed by atoms with E-state index in [2.05, 4.69) is 6.92 Å². The van der Waals surface area contributed by atoms with Crippen LogP contribution in [0.3, 0.4) is 0 Å². The number of carbonyl (C=O) groups excluding carboxylic acids is 1. The van der Waals surface area contributed by atoms with Crippen molar-refractivity contribution in [1.29, 1.82) is 0 Å². The number of nitrogens with two attached hydrogens (primary N) is 1. The van der Waals surface area contributed by atoms with E-state index in [0.29, 0.717) is 13.0 Å². The second kappa shape index (κ2) is 7.44. The molecular weight excluding hydrogens is 250 g/mol. The molecular formula is C17H31NO2. The van der Waals surface area contributed by atoms with Crippen LogP contribution in [0.2, 0.25) is 0 Å². The Morgan fingerprint density at radius 3 is 2.60 bits per heavy atom. The zero-order valence-electron chi connectivity index (χ0n) is 13.0. The van der Waals surface area contributed by atoms with Gasteiger partial charge in [0.1, 0.15) is 6.10 Å². The summed E-state index contributed by atoms with van der Waals surface area (Å²) in [5.41, 5.74) is 5.99. The van der Waals surface area contributed by atoms with Gasteiger partial charge in [-0.15, -0.1) is 0 Å². The smallest absolute Gasteiger partial charge is 0.306 e. The third-order valence-electron chi connectivity index (χ3n) is 5.48. The minimum atomic E-state index is -0.000830. The highest BCUT2D eigenvalue weighted by Gasteiger charge is 2.34. The van der Waals surface area contributed by atoms with Crippen LogP contribution in [0.1, 0.15) is 77.6 Å². The number of esters is 1. The first-order chi connectivity index (χ1) is 9.67. The van der Waals surface area contributed by atoms with Crippen molar-refractivity contribution < 1.29 is 9.53 Å². The lowest BCUT2D eigenvalue weighted by Crippen LogP contribution is -2.36. The molecule has 0 aromatic heterocycles. The van der Waals surface area contributed by atoms with Crippen LogP contribution in [0.15, 0.2) is 0 Å². The van der Waals surface area contributed by atoms with Gasteiger partial charge < -0.3 is 10.5 Å². The van der Waals surface area contributed by atoms with Crippen LogP contribution in [0.25, 0.3) is 0 Å². The van der Waals surface area contributed by atoms with Crippen molar-refractivity contribution in [3.63, 3.8) is 0 Å². The number of hydrogen-bond donors (Lipinski definition) is 1. The highest BCUT2D eigenvalue weighted by atomic mass is 16.5. The molecule has 2 rings (SSSR count). The highest BCUT2D eigenvalue weighted by Crippen LogP contribution is 2.39. The lowest BCUT2D eigenvalue weighted by Gasteiger charge is -2.36. The Hall–Kier alpha value is -0.570. The number of ether oxygens (including phenoxy) is 1. The lowest BCUT2D eigenvalue weighted by atomic mass is 9.72. The fourth-order valence-corrected chi connectivity index (χ4v) is 4.01. The van der Waals surface area contributed by atoms with Gasteiger partial charge in [-0.05, 0) is 50.0 Å². The molecule has 2 fully saturated rings. The Labute approximate surface area is 123 Å². The molecule has 0 aliphatic heterocycles. The molecule has 0 aromatic rings. The number of hydrogen-bond acceptors (Lipinski definition) is 3. The van der Waals surface area contributed by atoms with Gasteiger partial charge in [-0.3, -0.25) is 4.79 Å². The van der Waals surface area contributed by atoms with Crippen LogP contribution in [0.5, 0.6) is 0 Å². The highest BCUT2D eigenvalue weighted by molar-refractivity contribution is 5.70. The Balaban J connectivity index is 1.81. The fourth-order valence-electron chi connectivity index (χ4n) is 4.01. The number of rotatable bonds is 5. The second-order valence-electron chi connectivity index (χ2n) is 6.99. The van der Waals surface area contributed by atoms with E-state index in [0.717, 1.165) is 31.6 Å². The van der Waals surface area contributed by atoms with E-state index < -0.39 is 0 Å². The van der Waals surface area contributed by atoms with Crippen molar-refractivity contribution >= 4 is 5.97 Å². The first-order valence-corrected chi connectivity index (χ1v) is 8.57. The molecule has 3 heteroatoms. The minimum Gasteiger partial charge on any atom is -0.462 e. The molecule has 2 atom stereocenters. The predicted molar refractivity (Wildman–Crippen MR) is 81.3 cm³/mol. The molecule has 0 bridgehead atoms. The third-order valence-corrected chi connectivity index (χ3v) is 5.48. The van der Waals surface area contributed by atoms with E-state index in [-0.39, 0.29) is 17.5 Å². The average Bonchev–Trinajstić information content (AvgIpc) is 2.48. The summed E-state index contributed by atoms with van der Waals surface area (Å²) in [6, 6.07) is 0. The topological polar surface area (TPSA) is 52.3 Å². The first kappa shape index (κ1) is 15.8. The second-order valence-corrected chi connectivity index (χ2v) is 6.99. The summed E-state index contributed by atoms with van der Waals surface area (Å²) < 4.78 is 5.76. The zero-order chi connectivity index (χ0) is 14.4. The maximum atomic E-state index is 12.3. The molecule has 116 valence electrons. The monoisotopic (exact) mass is 281 g/mol. The van der Waals surface area contributed by atoms with Crippen molar-refractivity contribution in [3.8, 4) is 0 Å². The normalized spacial score (nSPS) is 29.9. The van der Waals surface area contributed by atoms with Gasteiger partial charge in [0.2, 0.25) is 0 Å². The molecule has 2 unspecified atom stereocenters. The van der Waals surface area contributed by atoms with Gasteiger partial charge in [-0.1, -0.05) is 39.0 Å². The van der Waals surface area contributed by atoms with Crippen LogP contribution in [0, 0.1) is 11.3 Å². The van der Waals surface area contributed by atoms with E-state index >= 15 is 0 Å². The largest absolute Gasteiger partial charge is 0.462 e. The molecule has 2 aliphatic rings. The van der Waals surface area contributed by atoms with Gasteiger partial charge >= 0.3 is 5.97 Å². The quantitative estimate of drug-likeness (QED) is 0.780. The van der Waals surface area contributed by atoms with Crippen molar-refractivity contribution in [2.75, 3.05) is 6.54 Å². The Bertz CT molecular complexity index is 310. The summed E-state index contributed by atoms with van der Waals surface area (Å²) in [5, 5.41) is 0. The van der Waals surface area contributed by atoms with Crippen molar-refractivity contribution in [2.45, 2.75) is 83.7 Å². The summed E-state index contributed by atoms with van der Waals surface area (Å²) in [6.45, 7) is 2.87. The number of carbonyl (C=O) groups is 1. The molecule has 0 spiro atoms. The van der Waals surface area contributed by atoms with Crippen LogP contribution in [0.4, 0.5) is 0 Å². The van der Waals surface area contributed by atoms with E-state index in [4.69, 9.17) is 10.5 Å². The van der Waals surface area contributed by atoms with Crippen LogP contribution in [-0.2, 0) is 9.53 Å². The van der Waals surface area contributed by atoms with Crippen LogP contribution in [-0.4, -0.2) is 18.6 Å². The summed E-state index contributed by atoms with van der Waals surface area (Å²) in [5.74, 6) is 0.749. The zero-order valence-corrected chi connectivity index (χ0v) is 13.0. The molecule has 0 heterocycles. The molecule has 20 heavy (non-hydrogen) atoms.